The normalized spacial score (nSPS) is 9.75. The molecule has 0 spiro atoms. The van der Waals surface area contributed by atoms with Crippen LogP contribution >= 0.6 is 35.6 Å². The first kappa shape index (κ1) is 19.3. The van der Waals surface area contributed by atoms with Crippen LogP contribution in [-0.2, 0) is 4.79 Å². The first-order valence-corrected chi connectivity index (χ1v) is 6.95. The van der Waals surface area contributed by atoms with Gasteiger partial charge in [0, 0.05) is 13.1 Å². The van der Waals surface area contributed by atoms with Gasteiger partial charge in [0.2, 0.25) is 0 Å². The second kappa shape index (κ2) is 11.0. The lowest BCUT2D eigenvalue weighted by molar-refractivity contribution is -0.123. The highest BCUT2D eigenvalue weighted by Gasteiger charge is 2.08. The van der Waals surface area contributed by atoms with Gasteiger partial charge in [0.05, 0.1) is 10.0 Å². The van der Waals surface area contributed by atoms with E-state index in [2.05, 4.69) is 17.6 Å². The number of nitrogens with one attached hydrogen (secondary N) is 2. The summed E-state index contributed by atoms with van der Waals surface area (Å²) in [7, 11) is 0. The molecular weight excluding hydrogens is 323 g/mol. The highest BCUT2D eigenvalue weighted by atomic mass is 35.5. The maximum atomic E-state index is 11.5. The Labute approximate surface area is 135 Å². The van der Waals surface area contributed by atoms with E-state index in [1.165, 1.54) is 0 Å². The molecule has 0 aromatic heterocycles. The number of hydrogen-bond donors (Lipinski definition) is 2. The largest absolute Gasteiger partial charge is 0.481 e. The first-order valence-electron chi connectivity index (χ1n) is 6.19. The molecule has 0 saturated heterocycles. The highest BCUT2D eigenvalue weighted by Crippen LogP contribution is 2.32. The van der Waals surface area contributed by atoms with Crippen molar-refractivity contribution in [1.29, 1.82) is 0 Å². The molecule has 0 aliphatic carbocycles. The van der Waals surface area contributed by atoms with Gasteiger partial charge in [0.25, 0.3) is 5.91 Å². The zero-order chi connectivity index (χ0) is 14.1. The van der Waals surface area contributed by atoms with Crippen molar-refractivity contribution < 1.29 is 9.53 Å². The summed E-state index contributed by atoms with van der Waals surface area (Å²) in [5.41, 5.74) is 0. The Hall–Kier alpha value is -0.680. The van der Waals surface area contributed by atoms with Gasteiger partial charge in [-0.2, -0.15) is 0 Å². The predicted molar refractivity (Wildman–Crippen MR) is 85.4 cm³/mol. The summed E-state index contributed by atoms with van der Waals surface area (Å²) in [4.78, 5) is 11.5. The van der Waals surface area contributed by atoms with Crippen LogP contribution in [0.5, 0.6) is 5.75 Å². The highest BCUT2D eigenvalue weighted by molar-refractivity contribution is 6.37. The second-order valence-corrected chi connectivity index (χ2v) is 4.75. The van der Waals surface area contributed by atoms with Gasteiger partial charge in [-0.05, 0) is 25.1 Å². The number of benzene rings is 1. The first-order chi connectivity index (χ1) is 9.15. The van der Waals surface area contributed by atoms with E-state index in [1.807, 2.05) is 0 Å². The minimum Gasteiger partial charge on any atom is -0.481 e. The molecule has 0 aliphatic heterocycles. The van der Waals surface area contributed by atoms with Crippen LogP contribution in [0, 0.1) is 0 Å². The molecule has 0 saturated carbocycles. The molecule has 1 rings (SSSR count). The number of hydrogen-bond acceptors (Lipinski definition) is 3. The van der Waals surface area contributed by atoms with Gasteiger partial charge in [0.1, 0.15) is 0 Å². The van der Waals surface area contributed by atoms with Gasteiger partial charge in [-0.3, -0.25) is 4.79 Å². The average Bonchev–Trinajstić information content (AvgIpc) is 2.38. The average molecular weight is 342 g/mol. The summed E-state index contributed by atoms with van der Waals surface area (Å²) in [5.74, 6) is 0.138. The van der Waals surface area contributed by atoms with Crippen molar-refractivity contribution in [2.45, 2.75) is 13.3 Å². The molecule has 1 amide bonds. The van der Waals surface area contributed by atoms with Crippen LogP contribution in [0.3, 0.4) is 0 Å². The Morgan fingerprint density at radius 1 is 1.20 bits per heavy atom. The topological polar surface area (TPSA) is 50.4 Å². The summed E-state index contributed by atoms with van der Waals surface area (Å²) >= 11 is 11.8. The monoisotopic (exact) mass is 340 g/mol. The molecule has 4 nitrogen and oxygen atoms in total. The van der Waals surface area contributed by atoms with Gasteiger partial charge in [-0.25, -0.2) is 0 Å². The van der Waals surface area contributed by atoms with Crippen LogP contribution in [0.25, 0.3) is 0 Å². The van der Waals surface area contributed by atoms with Crippen LogP contribution in [0.15, 0.2) is 18.2 Å². The molecule has 0 aliphatic rings. The molecule has 1 aromatic rings. The third-order valence-electron chi connectivity index (χ3n) is 2.32. The van der Waals surface area contributed by atoms with E-state index in [0.29, 0.717) is 22.3 Å². The van der Waals surface area contributed by atoms with Crippen molar-refractivity contribution >= 4 is 41.5 Å². The van der Waals surface area contributed by atoms with Crippen molar-refractivity contribution in [2.24, 2.45) is 0 Å². The van der Waals surface area contributed by atoms with E-state index >= 15 is 0 Å². The van der Waals surface area contributed by atoms with Crippen LogP contribution in [-0.4, -0.2) is 32.1 Å². The minimum atomic E-state index is -0.200. The minimum absolute atomic E-state index is 0. The van der Waals surface area contributed by atoms with E-state index in [-0.39, 0.29) is 24.9 Å². The number of carbonyl (C=O) groups is 1. The van der Waals surface area contributed by atoms with Crippen molar-refractivity contribution in [2.75, 3.05) is 26.2 Å². The maximum absolute atomic E-state index is 11.5. The van der Waals surface area contributed by atoms with Crippen molar-refractivity contribution in [3.63, 3.8) is 0 Å². The van der Waals surface area contributed by atoms with Crippen molar-refractivity contribution in [3.05, 3.63) is 28.2 Å². The molecule has 114 valence electrons. The van der Waals surface area contributed by atoms with Crippen molar-refractivity contribution in [1.82, 2.24) is 10.6 Å². The van der Waals surface area contributed by atoms with Crippen LogP contribution in [0.2, 0.25) is 10.0 Å². The Kier molecular flexibility index (Phi) is 10.7. The summed E-state index contributed by atoms with van der Waals surface area (Å²) in [5, 5.41) is 6.71. The van der Waals surface area contributed by atoms with Gasteiger partial charge in [-0.1, -0.05) is 36.2 Å². The zero-order valence-corrected chi connectivity index (χ0v) is 13.6. The van der Waals surface area contributed by atoms with E-state index in [9.17, 15) is 4.79 Å². The molecule has 0 atom stereocenters. The predicted octanol–water partition coefficient (Wildman–Crippen LogP) is 2.91. The quantitative estimate of drug-likeness (QED) is 0.715. The lowest BCUT2D eigenvalue weighted by Gasteiger charge is -2.10. The molecule has 1 aromatic carbocycles. The third kappa shape index (κ3) is 7.20. The Morgan fingerprint density at radius 3 is 2.45 bits per heavy atom. The fourth-order valence-corrected chi connectivity index (χ4v) is 1.91. The molecule has 0 heterocycles. The van der Waals surface area contributed by atoms with Crippen LogP contribution < -0.4 is 15.4 Å². The van der Waals surface area contributed by atoms with E-state index in [4.69, 9.17) is 27.9 Å². The van der Waals surface area contributed by atoms with Crippen LogP contribution in [0.4, 0.5) is 0 Å². The molecule has 0 bridgehead atoms. The van der Waals surface area contributed by atoms with Crippen molar-refractivity contribution in [3.8, 4) is 5.75 Å². The number of rotatable bonds is 8. The fourth-order valence-electron chi connectivity index (χ4n) is 1.40. The fraction of sp³-hybridized carbons (Fsp3) is 0.462. The standard InChI is InChI=1S/C13H18Cl2N2O2.ClH/c1-2-6-16-7-8-17-12(18)9-19-13-10(14)4-3-5-11(13)15;/h3-5,16H,2,6-9H2,1H3,(H,17,18);1H. The second-order valence-electron chi connectivity index (χ2n) is 3.94. The van der Waals surface area contributed by atoms with Gasteiger partial charge in [-0.15, -0.1) is 12.4 Å². The molecule has 0 fully saturated rings. The van der Waals surface area contributed by atoms with Gasteiger partial charge < -0.3 is 15.4 Å². The summed E-state index contributed by atoms with van der Waals surface area (Å²) in [6.45, 7) is 4.25. The molecule has 7 heteroatoms. The zero-order valence-electron chi connectivity index (χ0n) is 11.2. The molecule has 2 N–H and O–H groups in total. The third-order valence-corrected chi connectivity index (χ3v) is 2.91. The number of amides is 1. The number of halogens is 3. The van der Waals surface area contributed by atoms with Crippen LogP contribution in [0.1, 0.15) is 13.3 Å². The van der Waals surface area contributed by atoms with Gasteiger partial charge >= 0.3 is 0 Å². The molecule has 0 unspecified atom stereocenters. The Morgan fingerprint density at radius 2 is 1.85 bits per heavy atom. The number of carbonyl (C=O) groups excluding carboxylic acids is 1. The number of para-hydroxylation sites is 1. The summed E-state index contributed by atoms with van der Waals surface area (Å²) < 4.78 is 5.31. The molecular formula is C13H19Cl3N2O2. The lowest BCUT2D eigenvalue weighted by Crippen LogP contribution is -2.35. The van der Waals surface area contributed by atoms with E-state index < -0.39 is 0 Å². The molecule has 20 heavy (non-hydrogen) atoms. The van der Waals surface area contributed by atoms with E-state index in [0.717, 1.165) is 19.5 Å². The smallest absolute Gasteiger partial charge is 0.257 e. The van der Waals surface area contributed by atoms with Gasteiger partial charge in [0.15, 0.2) is 12.4 Å². The maximum Gasteiger partial charge on any atom is 0.257 e. The Bertz CT molecular complexity index is 396. The number of ether oxygens (including phenoxy) is 1. The SMILES string of the molecule is CCCNCCNC(=O)COc1c(Cl)cccc1Cl.Cl. The van der Waals surface area contributed by atoms with E-state index in [1.54, 1.807) is 18.2 Å². The summed E-state index contributed by atoms with van der Waals surface area (Å²) in [6, 6.07) is 5.04. The molecule has 0 radical (unpaired) electrons. The Balaban J connectivity index is 0.00000361. The lowest BCUT2D eigenvalue weighted by atomic mass is 10.3. The summed E-state index contributed by atoms with van der Waals surface area (Å²) in [6.07, 6.45) is 1.07.